The van der Waals surface area contributed by atoms with Gasteiger partial charge in [0.2, 0.25) is 0 Å². The summed E-state index contributed by atoms with van der Waals surface area (Å²) in [5.41, 5.74) is 1.71. The average Bonchev–Trinajstić information content (AvgIpc) is 3.54. The van der Waals surface area contributed by atoms with Gasteiger partial charge >= 0.3 is 0 Å². The van der Waals surface area contributed by atoms with Crippen molar-refractivity contribution in [1.82, 2.24) is 25.2 Å². The van der Waals surface area contributed by atoms with E-state index >= 15 is 0 Å². The van der Waals surface area contributed by atoms with Crippen LogP contribution < -0.4 is 0 Å². The third-order valence-corrected chi connectivity index (χ3v) is 4.96. The zero-order valence-corrected chi connectivity index (χ0v) is 15.2. The number of hydrogen-bond acceptors (Lipinski definition) is 6. The van der Waals surface area contributed by atoms with Gasteiger partial charge in [-0.15, -0.1) is 0 Å². The monoisotopic (exact) mass is 393 g/mol. The van der Waals surface area contributed by atoms with Crippen molar-refractivity contribution < 1.29 is 18.1 Å². The molecule has 8 nitrogen and oxygen atoms in total. The Morgan fingerprint density at radius 1 is 1.24 bits per heavy atom. The molecule has 3 aromatic heterocycles. The SMILES string of the molecule is O=C(c1cc(-c2ccc(F)cc2)n[nH]1)N1CC[C@@H](c2noc(-c3ccco3)n2)C1. The van der Waals surface area contributed by atoms with Crippen LogP contribution in [0.25, 0.3) is 22.9 Å². The highest BCUT2D eigenvalue weighted by Gasteiger charge is 2.32. The third-order valence-electron chi connectivity index (χ3n) is 4.96. The fourth-order valence-electron chi connectivity index (χ4n) is 3.43. The number of nitrogens with zero attached hydrogens (tertiary/aromatic N) is 4. The molecule has 1 aliphatic heterocycles. The molecule has 0 saturated carbocycles. The van der Waals surface area contributed by atoms with Crippen LogP contribution in [0.3, 0.4) is 0 Å². The van der Waals surface area contributed by atoms with Crippen LogP contribution in [0.5, 0.6) is 0 Å². The van der Waals surface area contributed by atoms with E-state index in [4.69, 9.17) is 8.94 Å². The van der Waals surface area contributed by atoms with Crippen LogP contribution in [-0.2, 0) is 0 Å². The van der Waals surface area contributed by atoms with Gasteiger partial charge in [-0.3, -0.25) is 9.89 Å². The highest BCUT2D eigenvalue weighted by Crippen LogP contribution is 2.28. The van der Waals surface area contributed by atoms with Gasteiger partial charge in [-0.2, -0.15) is 10.1 Å². The number of amides is 1. The molecule has 0 radical (unpaired) electrons. The van der Waals surface area contributed by atoms with E-state index in [9.17, 15) is 9.18 Å². The fraction of sp³-hybridized carbons (Fsp3) is 0.200. The maximum Gasteiger partial charge on any atom is 0.293 e. The van der Waals surface area contributed by atoms with Crippen molar-refractivity contribution in [2.24, 2.45) is 0 Å². The first-order valence-electron chi connectivity index (χ1n) is 9.15. The number of halogens is 1. The molecule has 1 saturated heterocycles. The highest BCUT2D eigenvalue weighted by molar-refractivity contribution is 5.93. The van der Waals surface area contributed by atoms with Crippen LogP contribution in [0.2, 0.25) is 0 Å². The van der Waals surface area contributed by atoms with Gasteiger partial charge in [-0.05, 0) is 48.9 Å². The number of nitrogens with one attached hydrogen (secondary N) is 1. The van der Waals surface area contributed by atoms with Crippen molar-refractivity contribution in [1.29, 1.82) is 0 Å². The first kappa shape index (κ1) is 17.4. The zero-order valence-electron chi connectivity index (χ0n) is 15.2. The molecule has 1 N–H and O–H groups in total. The van der Waals surface area contributed by atoms with E-state index in [2.05, 4.69) is 20.3 Å². The number of rotatable bonds is 4. The van der Waals surface area contributed by atoms with E-state index in [1.54, 1.807) is 41.5 Å². The number of aromatic nitrogens is 4. The van der Waals surface area contributed by atoms with E-state index in [1.807, 2.05) is 0 Å². The van der Waals surface area contributed by atoms with Gasteiger partial charge < -0.3 is 13.8 Å². The molecule has 29 heavy (non-hydrogen) atoms. The molecular formula is C20H16FN5O3. The molecule has 0 spiro atoms. The Bertz CT molecular complexity index is 1130. The fourth-order valence-corrected chi connectivity index (χ4v) is 3.43. The Hall–Kier alpha value is -3.75. The molecule has 1 atom stereocenters. The Morgan fingerprint density at radius 3 is 2.90 bits per heavy atom. The number of carbonyl (C=O) groups is 1. The normalized spacial score (nSPS) is 16.4. The lowest BCUT2D eigenvalue weighted by atomic mass is 10.1. The summed E-state index contributed by atoms with van der Waals surface area (Å²) in [4.78, 5) is 19.0. The lowest BCUT2D eigenvalue weighted by molar-refractivity contribution is 0.0784. The van der Waals surface area contributed by atoms with Crippen LogP contribution >= 0.6 is 0 Å². The summed E-state index contributed by atoms with van der Waals surface area (Å²) >= 11 is 0. The molecule has 4 aromatic rings. The largest absolute Gasteiger partial charge is 0.459 e. The molecule has 0 aliphatic carbocycles. The Labute approximate surface area is 164 Å². The third kappa shape index (κ3) is 3.31. The quantitative estimate of drug-likeness (QED) is 0.570. The van der Waals surface area contributed by atoms with Crippen LogP contribution in [0.15, 0.2) is 57.7 Å². The van der Waals surface area contributed by atoms with Gasteiger partial charge in [0.15, 0.2) is 11.6 Å². The maximum atomic E-state index is 13.1. The van der Waals surface area contributed by atoms with Crippen molar-refractivity contribution in [2.75, 3.05) is 13.1 Å². The molecule has 0 unspecified atom stereocenters. The van der Waals surface area contributed by atoms with Gasteiger partial charge in [0.1, 0.15) is 11.5 Å². The molecule has 1 fully saturated rings. The Kier molecular flexibility index (Phi) is 4.19. The van der Waals surface area contributed by atoms with Crippen LogP contribution in [0.4, 0.5) is 4.39 Å². The topological polar surface area (TPSA) is 101 Å². The van der Waals surface area contributed by atoms with Crippen molar-refractivity contribution in [3.05, 3.63) is 66.1 Å². The first-order chi connectivity index (χ1) is 14.2. The second kappa shape index (κ2) is 7.01. The Morgan fingerprint density at radius 2 is 2.10 bits per heavy atom. The number of benzene rings is 1. The van der Waals surface area contributed by atoms with E-state index in [1.165, 1.54) is 12.1 Å². The Balaban J connectivity index is 1.28. The number of aromatic amines is 1. The smallest absolute Gasteiger partial charge is 0.293 e. The van der Waals surface area contributed by atoms with Crippen LogP contribution in [0, 0.1) is 5.82 Å². The van der Waals surface area contributed by atoms with Gasteiger partial charge in [-0.25, -0.2) is 4.39 Å². The molecule has 146 valence electrons. The zero-order chi connectivity index (χ0) is 19.8. The van der Waals surface area contributed by atoms with E-state index in [0.717, 1.165) is 12.0 Å². The standard InChI is InChI=1S/C20H16FN5O3/c21-14-5-3-12(4-6-14)15-10-16(24-23-15)20(27)26-8-7-13(11-26)18-22-19(29-25-18)17-2-1-9-28-17/h1-6,9-10,13H,7-8,11H2,(H,23,24)/t13-/m1/s1. The lowest BCUT2D eigenvalue weighted by Gasteiger charge is -2.14. The number of furan rings is 1. The molecule has 1 aromatic carbocycles. The minimum atomic E-state index is -0.319. The van der Waals surface area contributed by atoms with Crippen molar-refractivity contribution >= 4 is 5.91 Å². The van der Waals surface area contributed by atoms with E-state index < -0.39 is 0 Å². The predicted octanol–water partition coefficient (Wildman–Crippen LogP) is 3.49. The minimum absolute atomic E-state index is 0.00842. The number of likely N-dealkylation sites (tertiary alicyclic amines) is 1. The van der Waals surface area contributed by atoms with Crippen molar-refractivity contribution in [3.63, 3.8) is 0 Å². The summed E-state index contributed by atoms with van der Waals surface area (Å²) in [6, 6.07) is 11.1. The maximum absolute atomic E-state index is 13.1. The number of carbonyl (C=O) groups excluding carboxylic acids is 1. The molecule has 5 rings (SSSR count). The minimum Gasteiger partial charge on any atom is -0.459 e. The van der Waals surface area contributed by atoms with E-state index in [0.29, 0.717) is 42.0 Å². The number of H-pyrrole nitrogens is 1. The van der Waals surface area contributed by atoms with Gasteiger partial charge in [0.05, 0.1) is 12.0 Å². The summed E-state index contributed by atoms with van der Waals surface area (Å²) in [7, 11) is 0. The summed E-state index contributed by atoms with van der Waals surface area (Å²) in [5, 5.41) is 11.0. The molecule has 1 amide bonds. The molecular weight excluding hydrogens is 377 g/mol. The van der Waals surface area contributed by atoms with Crippen LogP contribution in [-0.4, -0.2) is 44.2 Å². The summed E-state index contributed by atoms with van der Waals surface area (Å²) < 4.78 is 23.6. The predicted molar refractivity (Wildman–Crippen MR) is 99.2 cm³/mol. The molecule has 4 heterocycles. The van der Waals surface area contributed by atoms with E-state index in [-0.39, 0.29) is 17.6 Å². The van der Waals surface area contributed by atoms with Crippen molar-refractivity contribution in [3.8, 4) is 22.9 Å². The van der Waals surface area contributed by atoms with Gasteiger partial charge in [0.25, 0.3) is 11.8 Å². The summed E-state index contributed by atoms with van der Waals surface area (Å²) in [6.07, 6.45) is 2.28. The second-order valence-electron chi connectivity index (χ2n) is 6.85. The van der Waals surface area contributed by atoms with Gasteiger partial charge in [0, 0.05) is 24.6 Å². The second-order valence-corrected chi connectivity index (χ2v) is 6.85. The van der Waals surface area contributed by atoms with Crippen molar-refractivity contribution in [2.45, 2.75) is 12.3 Å². The summed E-state index contributed by atoms with van der Waals surface area (Å²) in [6.45, 7) is 1.07. The highest BCUT2D eigenvalue weighted by atomic mass is 19.1. The molecule has 1 aliphatic rings. The van der Waals surface area contributed by atoms with Crippen LogP contribution in [0.1, 0.15) is 28.7 Å². The van der Waals surface area contributed by atoms with Gasteiger partial charge in [-0.1, -0.05) is 5.16 Å². The number of hydrogen-bond donors (Lipinski definition) is 1. The average molecular weight is 393 g/mol. The molecule has 0 bridgehead atoms. The summed E-state index contributed by atoms with van der Waals surface area (Å²) in [5.74, 6) is 0.922. The lowest BCUT2D eigenvalue weighted by Crippen LogP contribution is -2.28. The molecule has 9 heteroatoms. The first-order valence-corrected chi connectivity index (χ1v) is 9.15.